The lowest BCUT2D eigenvalue weighted by Crippen LogP contribution is -2.29. The molecule has 122 valence electrons. The summed E-state index contributed by atoms with van der Waals surface area (Å²) < 4.78 is 0. The summed E-state index contributed by atoms with van der Waals surface area (Å²) >= 11 is 0. The molecule has 1 aliphatic heterocycles. The van der Waals surface area contributed by atoms with E-state index in [0.29, 0.717) is 22.3 Å². The van der Waals surface area contributed by atoms with Gasteiger partial charge < -0.3 is 21.1 Å². The number of aromatic amines is 1. The van der Waals surface area contributed by atoms with Gasteiger partial charge in [-0.25, -0.2) is 0 Å². The third kappa shape index (κ3) is 2.22. The largest absolute Gasteiger partial charge is 0.508 e. The van der Waals surface area contributed by atoms with E-state index in [1.54, 1.807) is 12.1 Å². The van der Waals surface area contributed by atoms with Crippen molar-refractivity contribution in [2.75, 3.05) is 5.32 Å². The van der Waals surface area contributed by atoms with Crippen LogP contribution in [-0.4, -0.2) is 10.1 Å². The van der Waals surface area contributed by atoms with E-state index in [-0.39, 0.29) is 22.7 Å². The van der Waals surface area contributed by atoms with Crippen LogP contribution in [0.4, 0.5) is 5.69 Å². The molecule has 1 aromatic heterocycles. The number of benzene rings is 2. The zero-order chi connectivity index (χ0) is 17.6. The van der Waals surface area contributed by atoms with Crippen LogP contribution in [-0.2, 0) is 0 Å². The van der Waals surface area contributed by atoms with Crippen molar-refractivity contribution in [3.63, 3.8) is 0 Å². The van der Waals surface area contributed by atoms with Gasteiger partial charge in [-0.05, 0) is 23.8 Å². The summed E-state index contributed by atoms with van der Waals surface area (Å²) in [4.78, 5) is 15.6. The first-order chi connectivity index (χ1) is 12.1. The molecule has 0 radical (unpaired) electrons. The first-order valence-electron chi connectivity index (χ1n) is 7.70. The number of aromatic hydroxyl groups is 1. The maximum atomic E-state index is 12.8. The molecule has 0 amide bonds. The summed E-state index contributed by atoms with van der Waals surface area (Å²) in [7, 11) is 0. The fourth-order valence-electron chi connectivity index (χ4n) is 3.30. The number of nitriles is 1. The van der Waals surface area contributed by atoms with Gasteiger partial charge in [-0.3, -0.25) is 4.79 Å². The molecular weight excluding hydrogens is 316 g/mol. The molecule has 1 aliphatic rings. The lowest BCUT2D eigenvalue weighted by atomic mass is 9.82. The summed E-state index contributed by atoms with van der Waals surface area (Å²) in [5.41, 5.74) is 8.53. The van der Waals surface area contributed by atoms with Crippen molar-refractivity contribution in [2.45, 2.75) is 5.92 Å². The third-order valence-electron chi connectivity index (χ3n) is 4.43. The molecule has 0 saturated heterocycles. The number of nitrogens with zero attached hydrogens (tertiary/aromatic N) is 1. The van der Waals surface area contributed by atoms with Crippen molar-refractivity contribution in [3.05, 3.63) is 81.4 Å². The topological polar surface area (TPSA) is 115 Å². The van der Waals surface area contributed by atoms with Gasteiger partial charge in [0.2, 0.25) is 0 Å². The molecular formula is C19H14N4O2. The summed E-state index contributed by atoms with van der Waals surface area (Å²) in [6, 6.07) is 15.9. The lowest BCUT2D eigenvalue weighted by molar-refractivity contribution is 0.475. The minimum Gasteiger partial charge on any atom is -0.508 e. The average Bonchev–Trinajstić information content (AvgIpc) is 2.61. The molecule has 25 heavy (non-hydrogen) atoms. The summed E-state index contributed by atoms with van der Waals surface area (Å²) in [5.74, 6) is -0.264. The quantitative estimate of drug-likeness (QED) is 0.547. The van der Waals surface area contributed by atoms with Crippen molar-refractivity contribution in [2.24, 2.45) is 5.73 Å². The summed E-state index contributed by atoms with van der Waals surface area (Å²) in [5, 5.41) is 23.0. The number of fused-ring (bicyclic) bond motifs is 3. The molecule has 0 saturated carbocycles. The Labute approximate surface area is 142 Å². The Balaban J connectivity index is 2.08. The number of anilines is 1. The molecule has 2 aromatic carbocycles. The van der Waals surface area contributed by atoms with Gasteiger partial charge in [-0.1, -0.05) is 30.3 Å². The summed E-state index contributed by atoms with van der Waals surface area (Å²) in [6.45, 7) is 0. The summed E-state index contributed by atoms with van der Waals surface area (Å²) in [6.07, 6.45) is 0. The number of para-hydroxylation sites is 1. The number of aromatic nitrogens is 1. The lowest BCUT2D eigenvalue weighted by Gasteiger charge is -2.27. The molecule has 6 heteroatoms. The highest BCUT2D eigenvalue weighted by molar-refractivity contribution is 5.95. The molecule has 0 aliphatic carbocycles. The molecule has 5 N–H and O–H groups in total. The van der Waals surface area contributed by atoms with Gasteiger partial charge in [0.1, 0.15) is 11.6 Å². The van der Waals surface area contributed by atoms with E-state index in [2.05, 4.69) is 16.4 Å². The number of hydrogen-bond donors (Lipinski definition) is 4. The average molecular weight is 330 g/mol. The minimum atomic E-state index is -0.602. The third-order valence-corrected chi connectivity index (χ3v) is 4.43. The first kappa shape index (κ1) is 14.8. The van der Waals surface area contributed by atoms with E-state index >= 15 is 0 Å². The zero-order valence-corrected chi connectivity index (χ0v) is 13.1. The van der Waals surface area contributed by atoms with E-state index in [4.69, 9.17) is 5.73 Å². The molecule has 3 aromatic rings. The maximum absolute atomic E-state index is 12.8. The Kier molecular flexibility index (Phi) is 3.22. The van der Waals surface area contributed by atoms with Crippen molar-refractivity contribution in [1.29, 1.82) is 5.26 Å². The van der Waals surface area contributed by atoms with Crippen LogP contribution >= 0.6 is 0 Å². The normalized spacial score (nSPS) is 16.2. The van der Waals surface area contributed by atoms with Crippen LogP contribution < -0.4 is 16.6 Å². The van der Waals surface area contributed by atoms with Gasteiger partial charge >= 0.3 is 0 Å². The number of allylic oxidation sites excluding steroid dienone is 1. The number of pyridine rings is 1. The Bertz CT molecular complexity index is 1120. The molecule has 4 rings (SSSR count). The second-order valence-corrected chi connectivity index (χ2v) is 5.88. The molecule has 6 nitrogen and oxygen atoms in total. The number of H-pyrrole nitrogens is 1. The van der Waals surface area contributed by atoms with E-state index < -0.39 is 5.92 Å². The Hall–Kier alpha value is -3.72. The molecule has 0 bridgehead atoms. The fraction of sp³-hybridized carbons (Fsp3) is 0.0526. The van der Waals surface area contributed by atoms with Gasteiger partial charge in [0, 0.05) is 5.39 Å². The minimum absolute atomic E-state index is 0.112. The number of rotatable bonds is 1. The van der Waals surface area contributed by atoms with E-state index in [1.807, 2.05) is 24.3 Å². The van der Waals surface area contributed by atoms with Crippen molar-refractivity contribution >= 4 is 16.6 Å². The van der Waals surface area contributed by atoms with Crippen LogP contribution in [0, 0.1) is 11.3 Å². The highest BCUT2D eigenvalue weighted by Crippen LogP contribution is 2.41. The van der Waals surface area contributed by atoms with Crippen LogP contribution in [0.5, 0.6) is 5.75 Å². The van der Waals surface area contributed by atoms with Gasteiger partial charge in [0.05, 0.1) is 34.3 Å². The van der Waals surface area contributed by atoms with E-state index in [0.717, 1.165) is 5.39 Å². The van der Waals surface area contributed by atoms with Gasteiger partial charge in [-0.15, -0.1) is 0 Å². The van der Waals surface area contributed by atoms with E-state index in [1.165, 1.54) is 12.1 Å². The molecule has 0 fully saturated rings. The highest BCUT2D eigenvalue weighted by Gasteiger charge is 2.32. The monoisotopic (exact) mass is 330 g/mol. The molecule has 0 spiro atoms. The van der Waals surface area contributed by atoms with Crippen LogP contribution in [0.3, 0.4) is 0 Å². The second-order valence-electron chi connectivity index (χ2n) is 5.88. The SMILES string of the molecule is N#CC1=C(N)Nc2c(c(=O)[nH]c3ccccc23)C1c1ccc(O)cc1. The predicted molar refractivity (Wildman–Crippen MR) is 95.0 cm³/mol. The Morgan fingerprint density at radius 3 is 2.56 bits per heavy atom. The number of hydrogen-bond acceptors (Lipinski definition) is 5. The smallest absolute Gasteiger partial charge is 0.254 e. The van der Waals surface area contributed by atoms with Crippen LogP contribution in [0.2, 0.25) is 0 Å². The van der Waals surface area contributed by atoms with Crippen LogP contribution in [0.25, 0.3) is 10.9 Å². The fourth-order valence-corrected chi connectivity index (χ4v) is 3.30. The standard InChI is InChI=1S/C19H14N4O2/c20-9-13-15(10-5-7-11(24)8-6-10)16-17(23-18(13)21)12-3-1-2-4-14(12)22-19(16)25/h1-8,15,23-24H,21H2,(H,22,25). The van der Waals surface area contributed by atoms with Crippen molar-refractivity contribution in [3.8, 4) is 11.8 Å². The molecule has 2 heterocycles. The molecule has 1 atom stereocenters. The predicted octanol–water partition coefficient (Wildman–Crippen LogP) is 2.48. The number of nitrogens with two attached hydrogens (primary N) is 1. The highest BCUT2D eigenvalue weighted by atomic mass is 16.3. The first-order valence-corrected chi connectivity index (χ1v) is 7.70. The number of phenolic OH excluding ortho intramolecular Hbond substituents is 1. The maximum Gasteiger partial charge on any atom is 0.254 e. The van der Waals surface area contributed by atoms with Crippen LogP contribution in [0.15, 0.2) is 64.7 Å². The second kappa shape index (κ2) is 5.42. The number of nitrogens with one attached hydrogen (secondary N) is 2. The van der Waals surface area contributed by atoms with Crippen molar-refractivity contribution < 1.29 is 5.11 Å². The van der Waals surface area contributed by atoms with Gasteiger partial charge in [-0.2, -0.15) is 5.26 Å². The Morgan fingerprint density at radius 1 is 1.12 bits per heavy atom. The van der Waals surface area contributed by atoms with Gasteiger partial charge in [0.25, 0.3) is 5.56 Å². The number of phenols is 1. The van der Waals surface area contributed by atoms with Crippen molar-refractivity contribution in [1.82, 2.24) is 4.98 Å². The zero-order valence-electron chi connectivity index (χ0n) is 13.1. The Morgan fingerprint density at radius 2 is 1.84 bits per heavy atom. The van der Waals surface area contributed by atoms with E-state index in [9.17, 15) is 15.2 Å². The van der Waals surface area contributed by atoms with Crippen LogP contribution in [0.1, 0.15) is 17.0 Å². The molecule has 1 unspecified atom stereocenters. The van der Waals surface area contributed by atoms with Gasteiger partial charge in [0.15, 0.2) is 0 Å².